The zero-order chi connectivity index (χ0) is 18.5. The van der Waals surface area contributed by atoms with Crippen LogP contribution in [0.5, 0.6) is 5.75 Å². The van der Waals surface area contributed by atoms with Crippen LogP contribution in [0.25, 0.3) is 6.08 Å². The minimum atomic E-state index is -1.03. The lowest BCUT2D eigenvalue weighted by atomic mass is 10.0. The molecular formula is C21H32O4. The second-order valence-corrected chi connectivity index (χ2v) is 6.31. The molecule has 0 heterocycles. The number of carboxylic acid groups (broad SMARTS) is 1. The van der Waals surface area contributed by atoms with Crippen molar-refractivity contribution in [1.29, 1.82) is 0 Å². The van der Waals surface area contributed by atoms with Gasteiger partial charge in [-0.05, 0) is 42.5 Å². The summed E-state index contributed by atoms with van der Waals surface area (Å²) in [5, 5.41) is 9.38. The summed E-state index contributed by atoms with van der Waals surface area (Å²) in [6, 6.07) is 7.41. The van der Waals surface area contributed by atoms with E-state index in [4.69, 9.17) is 9.47 Å². The van der Waals surface area contributed by atoms with Crippen molar-refractivity contribution in [2.75, 3.05) is 13.2 Å². The smallest absolute Gasteiger partial charge is 0.371 e. The Morgan fingerprint density at radius 1 is 1.12 bits per heavy atom. The summed E-state index contributed by atoms with van der Waals surface area (Å²) in [6.07, 6.45) is 8.05. The number of aliphatic carboxylic acids is 1. The van der Waals surface area contributed by atoms with Crippen LogP contribution in [0.1, 0.15) is 64.9 Å². The molecule has 1 N–H and O–H groups in total. The summed E-state index contributed by atoms with van der Waals surface area (Å²) in [7, 11) is 0. The molecule has 0 aromatic heterocycles. The van der Waals surface area contributed by atoms with Gasteiger partial charge in [0.15, 0.2) is 0 Å². The highest BCUT2D eigenvalue weighted by Gasteiger charge is 2.13. The maximum Gasteiger partial charge on any atom is 0.371 e. The van der Waals surface area contributed by atoms with Gasteiger partial charge in [0.1, 0.15) is 5.75 Å². The van der Waals surface area contributed by atoms with Crippen molar-refractivity contribution in [2.45, 2.75) is 59.3 Å². The van der Waals surface area contributed by atoms with E-state index in [1.54, 1.807) is 6.08 Å². The van der Waals surface area contributed by atoms with Crippen molar-refractivity contribution in [1.82, 2.24) is 0 Å². The highest BCUT2D eigenvalue weighted by atomic mass is 16.5. The normalized spacial score (nSPS) is 12.7. The minimum Gasteiger partial charge on any atom is -0.494 e. The molecule has 0 saturated carbocycles. The molecule has 4 heteroatoms. The standard InChI is InChI=1S/C21H32O4/c1-4-7-9-17(6-3)16-25-20(21(22)23)15-18-10-12-19(13-11-18)24-14-8-5-2/h10-13,15,17H,4-9,14,16H2,1-3H3,(H,22,23). The maximum atomic E-state index is 11.4. The monoisotopic (exact) mass is 348 g/mol. The van der Waals surface area contributed by atoms with E-state index in [2.05, 4.69) is 20.8 Å². The van der Waals surface area contributed by atoms with E-state index in [1.807, 2.05) is 24.3 Å². The van der Waals surface area contributed by atoms with E-state index in [0.29, 0.717) is 19.1 Å². The molecule has 0 bridgehead atoms. The predicted octanol–water partition coefficient (Wildman–Crippen LogP) is 5.52. The van der Waals surface area contributed by atoms with Gasteiger partial charge in [0.25, 0.3) is 0 Å². The average Bonchev–Trinajstić information content (AvgIpc) is 2.62. The van der Waals surface area contributed by atoms with E-state index in [1.165, 1.54) is 0 Å². The first-order valence-corrected chi connectivity index (χ1v) is 9.41. The van der Waals surface area contributed by atoms with E-state index >= 15 is 0 Å². The van der Waals surface area contributed by atoms with Gasteiger partial charge in [-0.3, -0.25) is 0 Å². The lowest BCUT2D eigenvalue weighted by Gasteiger charge is -2.15. The highest BCUT2D eigenvalue weighted by Crippen LogP contribution is 2.18. The maximum absolute atomic E-state index is 11.4. The Morgan fingerprint density at radius 3 is 2.36 bits per heavy atom. The van der Waals surface area contributed by atoms with Crippen LogP contribution in [-0.2, 0) is 9.53 Å². The zero-order valence-corrected chi connectivity index (χ0v) is 15.8. The Hall–Kier alpha value is -1.97. The van der Waals surface area contributed by atoms with Gasteiger partial charge in [0.05, 0.1) is 13.2 Å². The van der Waals surface area contributed by atoms with Gasteiger partial charge in [-0.2, -0.15) is 0 Å². The van der Waals surface area contributed by atoms with Gasteiger partial charge in [-0.25, -0.2) is 4.79 Å². The molecule has 0 aliphatic rings. The minimum absolute atomic E-state index is 0.00500. The predicted molar refractivity (Wildman–Crippen MR) is 102 cm³/mol. The molecule has 0 saturated heterocycles. The molecule has 0 aliphatic carbocycles. The lowest BCUT2D eigenvalue weighted by Crippen LogP contribution is -2.13. The summed E-state index contributed by atoms with van der Waals surface area (Å²) in [5.74, 6) is 0.161. The summed E-state index contributed by atoms with van der Waals surface area (Å²) < 4.78 is 11.2. The molecule has 1 aromatic carbocycles. The van der Waals surface area contributed by atoms with Crippen molar-refractivity contribution in [3.63, 3.8) is 0 Å². The van der Waals surface area contributed by atoms with Gasteiger partial charge in [-0.1, -0.05) is 58.6 Å². The number of rotatable bonds is 13. The van der Waals surface area contributed by atoms with Crippen LogP contribution in [-0.4, -0.2) is 24.3 Å². The highest BCUT2D eigenvalue weighted by molar-refractivity contribution is 5.89. The number of hydrogen-bond donors (Lipinski definition) is 1. The van der Waals surface area contributed by atoms with Gasteiger partial charge in [-0.15, -0.1) is 0 Å². The van der Waals surface area contributed by atoms with Crippen LogP contribution in [0.2, 0.25) is 0 Å². The molecule has 0 spiro atoms. The molecule has 4 nitrogen and oxygen atoms in total. The van der Waals surface area contributed by atoms with Gasteiger partial charge in [0, 0.05) is 0 Å². The van der Waals surface area contributed by atoms with Crippen LogP contribution in [0, 0.1) is 5.92 Å². The topological polar surface area (TPSA) is 55.8 Å². The SMILES string of the molecule is CCCCOc1ccc(C=C(OCC(CC)CCCC)C(=O)O)cc1. The number of benzene rings is 1. The molecule has 1 unspecified atom stereocenters. The van der Waals surface area contributed by atoms with Crippen LogP contribution in [0.3, 0.4) is 0 Å². The van der Waals surface area contributed by atoms with Crippen LogP contribution in [0.4, 0.5) is 0 Å². The summed E-state index contributed by atoms with van der Waals surface area (Å²) in [5.41, 5.74) is 0.793. The number of ether oxygens (including phenoxy) is 2. The molecule has 1 atom stereocenters. The Morgan fingerprint density at radius 2 is 1.80 bits per heavy atom. The number of unbranched alkanes of at least 4 members (excludes halogenated alkanes) is 2. The molecule has 0 fully saturated rings. The molecule has 0 amide bonds. The van der Waals surface area contributed by atoms with Gasteiger partial charge < -0.3 is 14.6 Å². The quantitative estimate of drug-likeness (QED) is 0.289. The number of carboxylic acids is 1. The molecule has 0 aliphatic heterocycles. The second kappa shape index (κ2) is 12.4. The van der Waals surface area contributed by atoms with Crippen molar-refractivity contribution < 1.29 is 19.4 Å². The average molecular weight is 348 g/mol. The fourth-order valence-corrected chi connectivity index (χ4v) is 2.42. The largest absolute Gasteiger partial charge is 0.494 e. The van der Waals surface area contributed by atoms with Crippen LogP contribution >= 0.6 is 0 Å². The number of carbonyl (C=O) groups is 1. The second-order valence-electron chi connectivity index (χ2n) is 6.31. The molecule has 140 valence electrons. The van der Waals surface area contributed by atoms with E-state index in [9.17, 15) is 9.90 Å². The molecule has 1 rings (SSSR count). The van der Waals surface area contributed by atoms with Crippen molar-refractivity contribution in [3.8, 4) is 5.75 Å². The third-order valence-electron chi connectivity index (χ3n) is 4.17. The Labute approximate surface area is 151 Å². The third-order valence-corrected chi connectivity index (χ3v) is 4.17. The molecule has 1 aromatic rings. The summed E-state index contributed by atoms with van der Waals surface area (Å²) in [4.78, 5) is 11.4. The first-order valence-electron chi connectivity index (χ1n) is 9.41. The Bertz CT molecular complexity index is 519. The molecule has 25 heavy (non-hydrogen) atoms. The lowest BCUT2D eigenvalue weighted by molar-refractivity contribution is -0.136. The number of hydrogen-bond acceptors (Lipinski definition) is 3. The van der Waals surface area contributed by atoms with Crippen molar-refractivity contribution in [2.24, 2.45) is 5.92 Å². The van der Waals surface area contributed by atoms with E-state index in [-0.39, 0.29) is 5.76 Å². The van der Waals surface area contributed by atoms with Gasteiger partial charge in [0.2, 0.25) is 5.76 Å². The molecular weight excluding hydrogens is 316 g/mol. The van der Waals surface area contributed by atoms with Crippen LogP contribution < -0.4 is 4.74 Å². The van der Waals surface area contributed by atoms with E-state index < -0.39 is 5.97 Å². The van der Waals surface area contributed by atoms with Gasteiger partial charge >= 0.3 is 5.97 Å². The Kier molecular flexibility index (Phi) is 10.5. The third kappa shape index (κ3) is 8.62. The van der Waals surface area contributed by atoms with E-state index in [0.717, 1.165) is 49.8 Å². The molecule has 0 radical (unpaired) electrons. The first-order chi connectivity index (χ1) is 12.1. The zero-order valence-electron chi connectivity index (χ0n) is 15.8. The van der Waals surface area contributed by atoms with Crippen molar-refractivity contribution in [3.05, 3.63) is 35.6 Å². The summed E-state index contributed by atoms with van der Waals surface area (Å²) >= 11 is 0. The van der Waals surface area contributed by atoms with Crippen molar-refractivity contribution >= 4 is 12.0 Å². The first kappa shape index (κ1) is 21.1. The van der Waals surface area contributed by atoms with Crippen LogP contribution in [0.15, 0.2) is 30.0 Å². The fraction of sp³-hybridized carbons (Fsp3) is 0.571. The Balaban J connectivity index is 2.66. The fourth-order valence-electron chi connectivity index (χ4n) is 2.42. The summed E-state index contributed by atoms with van der Waals surface area (Å²) in [6.45, 7) is 7.55.